The predicted molar refractivity (Wildman–Crippen MR) is 68.5 cm³/mol. The second-order valence-corrected chi connectivity index (χ2v) is 3.81. The Morgan fingerprint density at radius 2 is 1.67 bits per heavy atom. The Hall–Kier alpha value is -2.56. The first-order valence-corrected chi connectivity index (χ1v) is 5.38. The molecule has 2 aromatic carbocycles. The topological polar surface area (TPSA) is 67.9 Å². The Bertz CT molecular complexity index is 591. The number of hydrogen-bond donors (Lipinski definition) is 0. The molecule has 5 nitrogen and oxygen atoms in total. The van der Waals surface area contributed by atoms with Crippen LogP contribution in [0.1, 0.15) is 5.56 Å². The molecule has 0 radical (unpaired) electrons. The first-order chi connectivity index (χ1) is 8.65. The molecule has 90 valence electrons. The third-order valence-corrected chi connectivity index (χ3v) is 2.34. The SMILES string of the molecule is Cc1cccc(N=Nc2ccc([N+](=O)[O-])cc2)c1. The minimum atomic E-state index is -0.443. The summed E-state index contributed by atoms with van der Waals surface area (Å²) in [5.41, 5.74) is 2.50. The van der Waals surface area contributed by atoms with Crippen molar-refractivity contribution in [3.63, 3.8) is 0 Å². The maximum atomic E-state index is 10.5. The van der Waals surface area contributed by atoms with E-state index in [2.05, 4.69) is 10.2 Å². The van der Waals surface area contributed by atoms with E-state index in [1.165, 1.54) is 12.1 Å². The van der Waals surface area contributed by atoms with Gasteiger partial charge < -0.3 is 0 Å². The maximum absolute atomic E-state index is 10.5. The van der Waals surface area contributed by atoms with Crippen molar-refractivity contribution in [1.29, 1.82) is 0 Å². The summed E-state index contributed by atoms with van der Waals surface area (Å²) in [5.74, 6) is 0. The molecule has 0 bridgehead atoms. The van der Waals surface area contributed by atoms with Gasteiger partial charge in [-0.2, -0.15) is 10.2 Å². The molecule has 0 atom stereocenters. The van der Waals surface area contributed by atoms with Gasteiger partial charge in [0.2, 0.25) is 0 Å². The van der Waals surface area contributed by atoms with Gasteiger partial charge in [-0.1, -0.05) is 12.1 Å². The Labute approximate surface area is 104 Å². The maximum Gasteiger partial charge on any atom is 0.269 e. The van der Waals surface area contributed by atoms with Crippen molar-refractivity contribution in [3.8, 4) is 0 Å². The molecule has 0 spiro atoms. The molecule has 18 heavy (non-hydrogen) atoms. The number of hydrogen-bond acceptors (Lipinski definition) is 4. The number of nitro benzene ring substituents is 1. The standard InChI is InChI=1S/C13H11N3O2/c1-10-3-2-4-12(9-10)15-14-11-5-7-13(8-6-11)16(17)18/h2-9H,1H3. The number of benzene rings is 2. The molecule has 5 heteroatoms. The van der Waals surface area contributed by atoms with Crippen LogP contribution in [0.2, 0.25) is 0 Å². The second kappa shape index (κ2) is 5.18. The molecule has 2 rings (SSSR count). The highest BCUT2D eigenvalue weighted by atomic mass is 16.6. The van der Waals surface area contributed by atoms with Gasteiger partial charge in [0.25, 0.3) is 5.69 Å². The third kappa shape index (κ3) is 2.98. The van der Waals surface area contributed by atoms with Crippen molar-refractivity contribution < 1.29 is 4.92 Å². The summed E-state index contributed by atoms with van der Waals surface area (Å²) < 4.78 is 0. The highest BCUT2D eigenvalue weighted by Gasteiger charge is 2.02. The van der Waals surface area contributed by atoms with Gasteiger partial charge in [-0.25, -0.2) is 0 Å². The molecule has 0 N–H and O–H groups in total. The van der Waals surface area contributed by atoms with Crippen LogP contribution in [0, 0.1) is 17.0 Å². The lowest BCUT2D eigenvalue weighted by Gasteiger charge is -1.95. The van der Waals surface area contributed by atoms with Crippen LogP contribution in [0.4, 0.5) is 17.1 Å². The first kappa shape index (κ1) is 11.9. The van der Waals surface area contributed by atoms with E-state index in [0.717, 1.165) is 11.3 Å². The second-order valence-electron chi connectivity index (χ2n) is 3.81. The predicted octanol–water partition coefficient (Wildman–Crippen LogP) is 4.32. The molecule has 0 fully saturated rings. The average Bonchev–Trinajstić information content (AvgIpc) is 2.37. The molecule has 0 saturated carbocycles. The molecular formula is C13H11N3O2. The van der Waals surface area contributed by atoms with Gasteiger partial charge >= 0.3 is 0 Å². The number of rotatable bonds is 3. The lowest BCUT2D eigenvalue weighted by molar-refractivity contribution is -0.384. The minimum absolute atomic E-state index is 0.0458. The molecule has 0 aliphatic heterocycles. The molecule has 0 heterocycles. The smallest absolute Gasteiger partial charge is 0.258 e. The van der Waals surface area contributed by atoms with Gasteiger partial charge in [0.1, 0.15) is 0 Å². The Kier molecular flexibility index (Phi) is 3.43. The summed E-state index contributed by atoms with van der Waals surface area (Å²) in [5, 5.41) is 18.6. The van der Waals surface area contributed by atoms with Crippen molar-refractivity contribution >= 4 is 17.1 Å². The minimum Gasteiger partial charge on any atom is -0.258 e. The normalized spacial score (nSPS) is 10.7. The van der Waals surface area contributed by atoms with Gasteiger partial charge in [0.15, 0.2) is 0 Å². The van der Waals surface area contributed by atoms with E-state index in [1.54, 1.807) is 12.1 Å². The van der Waals surface area contributed by atoms with Crippen molar-refractivity contribution in [2.75, 3.05) is 0 Å². The van der Waals surface area contributed by atoms with E-state index in [4.69, 9.17) is 0 Å². The van der Waals surface area contributed by atoms with Crippen LogP contribution in [0.3, 0.4) is 0 Å². The summed E-state index contributed by atoms with van der Waals surface area (Å²) in [4.78, 5) is 10.0. The van der Waals surface area contributed by atoms with Crippen molar-refractivity contribution in [2.45, 2.75) is 6.92 Å². The van der Waals surface area contributed by atoms with Crippen LogP contribution >= 0.6 is 0 Å². The van der Waals surface area contributed by atoms with Crippen LogP contribution in [-0.2, 0) is 0 Å². The summed E-state index contributed by atoms with van der Waals surface area (Å²) in [7, 11) is 0. The summed E-state index contributed by atoms with van der Waals surface area (Å²) in [6.45, 7) is 1.98. The molecule has 0 unspecified atom stereocenters. The number of nitro groups is 1. The fourth-order valence-corrected chi connectivity index (χ4v) is 1.45. The van der Waals surface area contributed by atoms with Gasteiger partial charge in [-0.05, 0) is 36.8 Å². The molecular weight excluding hydrogens is 230 g/mol. The molecule has 0 amide bonds. The van der Waals surface area contributed by atoms with Crippen LogP contribution < -0.4 is 0 Å². The zero-order chi connectivity index (χ0) is 13.0. The average molecular weight is 241 g/mol. The van der Waals surface area contributed by atoms with Gasteiger partial charge in [0, 0.05) is 12.1 Å². The van der Waals surface area contributed by atoms with E-state index in [9.17, 15) is 10.1 Å². The van der Waals surface area contributed by atoms with E-state index in [-0.39, 0.29) is 5.69 Å². The first-order valence-electron chi connectivity index (χ1n) is 5.38. The largest absolute Gasteiger partial charge is 0.269 e. The zero-order valence-electron chi connectivity index (χ0n) is 9.78. The zero-order valence-corrected chi connectivity index (χ0v) is 9.78. The molecule has 2 aromatic rings. The third-order valence-electron chi connectivity index (χ3n) is 2.34. The Balaban J connectivity index is 2.16. The fourth-order valence-electron chi connectivity index (χ4n) is 1.45. The quantitative estimate of drug-likeness (QED) is 0.456. The Morgan fingerprint density at radius 1 is 1.00 bits per heavy atom. The van der Waals surface area contributed by atoms with E-state index >= 15 is 0 Å². The highest BCUT2D eigenvalue weighted by Crippen LogP contribution is 2.21. The summed E-state index contributed by atoms with van der Waals surface area (Å²) in [6.07, 6.45) is 0. The summed E-state index contributed by atoms with van der Waals surface area (Å²) in [6, 6.07) is 13.6. The Morgan fingerprint density at radius 3 is 2.28 bits per heavy atom. The number of azo groups is 1. The fraction of sp³-hybridized carbons (Fsp3) is 0.0769. The van der Waals surface area contributed by atoms with Crippen molar-refractivity contribution in [1.82, 2.24) is 0 Å². The van der Waals surface area contributed by atoms with Gasteiger partial charge in [-0.15, -0.1) is 0 Å². The number of non-ortho nitro benzene ring substituents is 1. The van der Waals surface area contributed by atoms with Crippen LogP contribution in [0.15, 0.2) is 58.8 Å². The van der Waals surface area contributed by atoms with Crippen LogP contribution in [-0.4, -0.2) is 4.92 Å². The molecule has 0 aromatic heterocycles. The number of aryl methyl sites for hydroxylation is 1. The van der Waals surface area contributed by atoms with Crippen LogP contribution in [0.5, 0.6) is 0 Å². The van der Waals surface area contributed by atoms with E-state index < -0.39 is 4.92 Å². The summed E-state index contributed by atoms with van der Waals surface area (Å²) >= 11 is 0. The lowest BCUT2D eigenvalue weighted by atomic mass is 10.2. The van der Waals surface area contributed by atoms with E-state index in [1.807, 2.05) is 31.2 Å². The molecule has 0 aliphatic rings. The lowest BCUT2D eigenvalue weighted by Crippen LogP contribution is -1.85. The van der Waals surface area contributed by atoms with E-state index in [0.29, 0.717) is 5.69 Å². The van der Waals surface area contributed by atoms with Crippen molar-refractivity contribution in [3.05, 3.63) is 64.2 Å². The molecule has 0 aliphatic carbocycles. The van der Waals surface area contributed by atoms with Crippen LogP contribution in [0.25, 0.3) is 0 Å². The van der Waals surface area contributed by atoms with Gasteiger partial charge in [0.05, 0.1) is 16.3 Å². The number of nitrogens with zero attached hydrogens (tertiary/aromatic N) is 3. The monoisotopic (exact) mass is 241 g/mol. The molecule has 0 saturated heterocycles. The highest BCUT2D eigenvalue weighted by molar-refractivity contribution is 5.45. The van der Waals surface area contributed by atoms with Gasteiger partial charge in [-0.3, -0.25) is 10.1 Å². The van der Waals surface area contributed by atoms with Crippen molar-refractivity contribution in [2.24, 2.45) is 10.2 Å².